The van der Waals surface area contributed by atoms with Gasteiger partial charge in [0, 0.05) is 19.4 Å². The molecule has 0 rings (SSSR count). The van der Waals surface area contributed by atoms with Crippen molar-refractivity contribution in [3.05, 3.63) is 48.6 Å². The Hall–Kier alpha value is -2.14. The molecule has 0 aromatic rings. The number of rotatable bonds is 46. The maximum Gasteiger partial charge on any atom is 0.306 e. The van der Waals surface area contributed by atoms with Crippen LogP contribution in [0.3, 0.4) is 0 Å². The molecule has 0 aromatic carbocycles. The molecule has 1 unspecified atom stereocenters. The van der Waals surface area contributed by atoms with Crippen molar-refractivity contribution in [2.24, 2.45) is 0 Å². The van der Waals surface area contributed by atoms with Crippen molar-refractivity contribution < 1.29 is 23.8 Å². The second-order valence-corrected chi connectivity index (χ2v) is 16.7. The Balaban J connectivity index is 4.08. The summed E-state index contributed by atoms with van der Waals surface area (Å²) < 4.78 is 17.3. The molecule has 5 nitrogen and oxygen atoms in total. The van der Waals surface area contributed by atoms with Gasteiger partial charge in [0.05, 0.1) is 6.61 Å². The van der Waals surface area contributed by atoms with E-state index in [4.69, 9.17) is 14.2 Å². The lowest BCUT2D eigenvalue weighted by molar-refractivity contribution is -0.163. The number of carbonyl (C=O) groups is 2. The van der Waals surface area contributed by atoms with Crippen LogP contribution >= 0.6 is 0 Å². The maximum absolute atomic E-state index is 12.7. The largest absolute Gasteiger partial charge is 0.462 e. The molecule has 0 radical (unpaired) electrons. The van der Waals surface area contributed by atoms with Crippen molar-refractivity contribution in [2.75, 3.05) is 19.8 Å². The Kier molecular flexibility index (Phi) is 47.4. The second kappa shape index (κ2) is 49.2. The second-order valence-electron chi connectivity index (χ2n) is 16.7. The highest BCUT2D eigenvalue weighted by Crippen LogP contribution is 2.14. The van der Waals surface area contributed by atoms with Crippen molar-refractivity contribution >= 4 is 11.9 Å². The predicted octanol–water partition coefficient (Wildman–Crippen LogP) is 16.8. The number of hydrogen-bond donors (Lipinski definition) is 0. The molecule has 0 aromatic heterocycles. The Morgan fingerprint density at radius 3 is 1.17 bits per heavy atom. The Bertz CT molecular complexity index is 966. The van der Waals surface area contributed by atoms with Gasteiger partial charge in [0.25, 0.3) is 0 Å². The third-order valence-corrected chi connectivity index (χ3v) is 10.8. The summed E-state index contributed by atoms with van der Waals surface area (Å²) in [6.45, 7) is 7.75. The lowest BCUT2D eigenvalue weighted by Crippen LogP contribution is -2.30. The van der Waals surface area contributed by atoms with Crippen LogP contribution in [0.4, 0.5) is 0 Å². The predicted molar refractivity (Wildman–Crippen MR) is 251 cm³/mol. The minimum atomic E-state index is -0.536. The fourth-order valence-electron chi connectivity index (χ4n) is 7.04. The van der Waals surface area contributed by atoms with E-state index in [-0.39, 0.29) is 25.2 Å². The zero-order valence-corrected chi connectivity index (χ0v) is 38.8. The summed E-state index contributed by atoms with van der Waals surface area (Å²) >= 11 is 0. The summed E-state index contributed by atoms with van der Waals surface area (Å²) in [7, 11) is 0. The molecule has 0 saturated carbocycles. The third kappa shape index (κ3) is 46.5. The summed E-state index contributed by atoms with van der Waals surface area (Å²) in [6.07, 6.45) is 59.8. The normalized spacial score (nSPS) is 12.5. The van der Waals surface area contributed by atoms with Crippen LogP contribution < -0.4 is 0 Å². The smallest absolute Gasteiger partial charge is 0.306 e. The van der Waals surface area contributed by atoms with Crippen LogP contribution in [0.2, 0.25) is 0 Å². The van der Waals surface area contributed by atoms with Gasteiger partial charge in [-0.25, -0.2) is 0 Å². The zero-order valence-electron chi connectivity index (χ0n) is 38.8. The molecule has 0 fully saturated rings. The van der Waals surface area contributed by atoms with E-state index in [1.165, 1.54) is 161 Å². The van der Waals surface area contributed by atoms with Crippen molar-refractivity contribution in [1.29, 1.82) is 0 Å². The van der Waals surface area contributed by atoms with Gasteiger partial charge in [0.15, 0.2) is 6.10 Å². The van der Waals surface area contributed by atoms with Gasteiger partial charge in [-0.2, -0.15) is 0 Å². The van der Waals surface area contributed by atoms with Gasteiger partial charge < -0.3 is 14.2 Å². The molecule has 0 aliphatic rings. The van der Waals surface area contributed by atoms with Crippen LogP contribution in [0.25, 0.3) is 0 Å². The molecule has 0 saturated heterocycles. The van der Waals surface area contributed by atoms with E-state index in [0.717, 1.165) is 57.8 Å². The standard InChI is InChI=1S/C53H96O5/c1-4-7-10-13-16-18-20-22-24-26-27-29-30-32-34-36-38-40-43-46-52(54)57-50-51(49-56-48-45-42-15-12-9-6-3)58-53(55)47-44-41-39-37-35-33-31-28-25-23-21-19-17-14-11-8-5-2/h16-19,22-25,51H,4-15,20-21,26-50H2,1-3H3/b18-16-,19-17-,24-22-,25-23-. The van der Waals surface area contributed by atoms with Gasteiger partial charge in [0.1, 0.15) is 6.61 Å². The first-order valence-electron chi connectivity index (χ1n) is 25.2. The number of esters is 2. The molecule has 0 spiro atoms. The number of ether oxygens (including phenoxy) is 3. The van der Waals surface area contributed by atoms with Crippen LogP contribution in [0.15, 0.2) is 48.6 Å². The molecule has 0 bridgehead atoms. The molecule has 58 heavy (non-hydrogen) atoms. The summed E-state index contributed by atoms with van der Waals surface area (Å²) in [6, 6.07) is 0. The highest BCUT2D eigenvalue weighted by atomic mass is 16.6. The fraction of sp³-hybridized carbons (Fsp3) is 0.811. The summed E-state index contributed by atoms with van der Waals surface area (Å²) in [5, 5.41) is 0. The SMILES string of the molecule is CCCCC/C=C\C/C=C\CCCCCCCCCCCC(=O)OCC(COCCCCCCCC)OC(=O)CCCCCCCCC/C=C\C/C=C\CCCCC. The molecular weight excluding hydrogens is 717 g/mol. The van der Waals surface area contributed by atoms with Gasteiger partial charge in [-0.15, -0.1) is 0 Å². The highest BCUT2D eigenvalue weighted by molar-refractivity contribution is 5.70. The lowest BCUT2D eigenvalue weighted by Gasteiger charge is -2.18. The van der Waals surface area contributed by atoms with Crippen molar-refractivity contribution in [3.8, 4) is 0 Å². The monoisotopic (exact) mass is 813 g/mol. The molecule has 338 valence electrons. The van der Waals surface area contributed by atoms with Crippen LogP contribution in [-0.2, 0) is 23.8 Å². The number of hydrogen-bond acceptors (Lipinski definition) is 5. The van der Waals surface area contributed by atoms with Gasteiger partial charge in [-0.1, -0.05) is 204 Å². The maximum atomic E-state index is 12.7. The lowest BCUT2D eigenvalue weighted by atomic mass is 10.1. The molecule has 0 heterocycles. The summed E-state index contributed by atoms with van der Waals surface area (Å²) in [4.78, 5) is 25.3. The summed E-state index contributed by atoms with van der Waals surface area (Å²) in [5.41, 5.74) is 0. The Morgan fingerprint density at radius 2 is 0.724 bits per heavy atom. The van der Waals surface area contributed by atoms with Gasteiger partial charge in [-0.05, 0) is 83.5 Å². The van der Waals surface area contributed by atoms with E-state index in [1.54, 1.807) is 0 Å². The van der Waals surface area contributed by atoms with Crippen molar-refractivity contribution in [3.63, 3.8) is 0 Å². The number of carbonyl (C=O) groups excluding carboxylic acids is 2. The van der Waals surface area contributed by atoms with Crippen LogP contribution in [0, 0.1) is 0 Å². The molecule has 0 aliphatic carbocycles. The van der Waals surface area contributed by atoms with Crippen molar-refractivity contribution in [1.82, 2.24) is 0 Å². The average molecular weight is 813 g/mol. The average Bonchev–Trinajstić information content (AvgIpc) is 3.22. The first kappa shape index (κ1) is 55.9. The summed E-state index contributed by atoms with van der Waals surface area (Å²) in [5.74, 6) is -0.407. The first-order chi connectivity index (χ1) is 28.6. The number of allylic oxidation sites excluding steroid dienone is 8. The van der Waals surface area contributed by atoms with E-state index < -0.39 is 6.10 Å². The third-order valence-electron chi connectivity index (χ3n) is 10.8. The minimum absolute atomic E-state index is 0.0813. The van der Waals surface area contributed by atoms with Crippen LogP contribution in [-0.4, -0.2) is 37.9 Å². The Labute approximate surface area is 361 Å². The van der Waals surface area contributed by atoms with E-state index in [0.29, 0.717) is 19.4 Å². The fourth-order valence-corrected chi connectivity index (χ4v) is 7.04. The van der Waals surface area contributed by atoms with Crippen LogP contribution in [0.1, 0.15) is 252 Å². The van der Waals surface area contributed by atoms with Gasteiger partial charge in [-0.3, -0.25) is 9.59 Å². The Morgan fingerprint density at radius 1 is 0.379 bits per heavy atom. The van der Waals surface area contributed by atoms with Crippen molar-refractivity contribution in [2.45, 2.75) is 258 Å². The van der Waals surface area contributed by atoms with Gasteiger partial charge in [0.2, 0.25) is 0 Å². The van der Waals surface area contributed by atoms with E-state index in [9.17, 15) is 9.59 Å². The first-order valence-corrected chi connectivity index (χ1v) is 25.2. The van der Waals surface area contributed by atoms with Gasteiger partial charge >= 0.3 is 11.9 Å². The van der Waals surface area contributed by atoms with Crippen LogP contribution in [0.5, 0.6) is 0 Å². The highest BCUT2D eigenvalue weighted by Gasteiger charge is 2.17. The molecule has 5 heteroatoms. The molecule has 0 N–H and O–H groups in total. The van der Waals surface area contributed by atoms with E-state index in [2.05, 4.69) is 69.4 Å². The zero-order chi connectivity index (χ0) is 42.1. The number of unbranched alkanes of at least 4 members (excludes halogenated alkanes) is 27. The van der Waals surface area contributed by atoms with E-state index >= 15 is 0 Å². The molecular formula is C53H96O5. The molecule has 0 aliphatic heterocycles. The topological polar surface area (TPSA) is 61.8 Å². The molecule has 1 atom stereocenters. The van der Waals surface area contributed by atoms with E-state index in [1.807, 2.05) is 0 Å². The minimum Gasteiger partial charge on any atom is -0.462 e. The quantitative estimate of drug-likeness (QED) is 0.0348. The molecule has 0 amide bonds.